The van der Waals surface area contributed by atoms with Crippen molar-refractivity contribution >= 4 is 21.9 Å². The van der Waals surface area contributed by atoms with Crippen LogP contribution >= 0.6 is 0 Å². The van der Waals surface area contributed by atoms with Crippen LogP contribution in [0.5, 0.6) is 0 Å². The molecular formula is C23H22N8O. The van der Waals surface area contributed by atoms with Gasteiger partial charge in [0.15, 0.2) is 0 Å². The Balaban J connectivity index is 1.51. The maximum Gasteiger partial charge on any atom is 0.329 e. The summed E-state index contributed by atoms with van der Waals surface area (Å²) in [6, 6.07) is 10.3. The predicted octanol–water partition coefficient (Wildman–Crippen LogP) is 2.28. The Bertz CT molecular complexity index is 1520. The van der Waals surface area contributed by atoms with E-state index >= 15 is 0 Å². The third-order valence-electron chi connectivity index (χ3n) is 6.28. The summed E-state index contributed by atoms with van der Waals surface area (Å²) in [6.07, 6.45) is 6.43. The van der Waals surface area contributed by atoms with Crippen LogP contribution in [0.3, 0.4) is 0 Å². The first-order chi connectivity index (χ1) is 15.6. The quantitative estimate of drug-likeness (QED) is 0.476. The van der Waals surface area contributed by atoms with Crippen LogP contribution in [-0.2, 0) is 14.1 Å². The first-order valence-corrected chi connectivity index (χ1v) is 10.6. The van der Waals surface area contributed by atoms with Gasteiger partial charge in [0, 0.05) is 37.8 Å². The molecule has 5 heterocycles. The number of hydrogen-bond acceptors (Lipinski definition) is 6. The minimum Gasteiger partial charge on any atom is -0.315 e. The van der Waals surface area contributed by atoms with Gasteiger partial charge in [-0.2, -0.15) is 0 Å². The summed E-state index contributed by atoms with van der Waals surface area (Å²) in [5.74, 6) is 0. The van der Waals surface area contributed by atoms with E-state index in [2.05, 4.69) is 31.7 Å². The molecule has 0 radical (unpaired) electrons. The fourth-order valence-corrected chi connectivity index (χ4v) is 4.59. The molecule has 1 atom stereocenters. The lowest BCUT2D eigenvalue weighted by Crippen LogP contribution is -2.27. The summed E-state index contributed by atoms with van der Waals surface area (Å²) in [7, 11) is 3.65. The van der Waals surface area contributed by atoms with Gasteiger partial charge in [-0.1, -0.05) is 17.3 Å². The molecule has 0 aliphatic carbocycles. The molecule has 0 bridgehead atoms. The first-order valence-electron chi connectivity index (χ1n) is 10.6. The smallest absolute Gasteiger partial charge is 0.315 e. The number of hydrogen-bond donors (Lipinski definition) is 1. The summed E-state index contributed by atoms with van der Waals surface area (Å²) in [6.45, 7) is 1.72. The fourth-order valence-electron chi connectivity index (χ4n) is 4.59. The molecule has 0 amide bonds. The molecule has 1 aromatic carbocycles. The second-order valence-electron chi connectivity index (χ2n) is 8.29. The van der Waals surface area contributed by atoms with Crippen molar-refractivity contribution in [3.05, 3.63) is 59.4 Å². The fraction of sp³-hybridized carbons (Fsp3) is 0.261. The van der Waals surface area contributed by atoms with Gasteiger partial charge in [-0.25, -0.2) is 4.79 Å². The van der Waals surface area contributed by atoms with Crippen LogP contribution in [0.2, 0.25) is 0 Å². The summed E-state index contributed by atoms with van der Waals surface area (Å²) in [4.78, 5) is 22.3. The molecule has 32 heavy (non-hydrogen) atoms. The van der Waals surface area contributed by atoms with Crippen LogP contribution in [-0.4, -0.2) is 47.2 Å². The van der Waals surface area contributed by atoms with Crippen LogP contribution in [0.1, 0.15) is 12.5 Å². The van der Waals surface area contributed by atoms with Crippen LogP contribution in [0.15, 0.2) is 53.7 Å². The van der Waals surface area contributed by atoms with Crippen molar-refractivity contribution in [3.63, 3.8) is 0 Å². The van der Waals surface area contributed by atoms with Gasteiger partial charge in [0.2, 0.25) is 0 Å². The van der Waals surface area contributed by atoms with Crippen molar-refractivity contribution in [1.29, 1.82) is 0 Å². The van der Waals surface area contributed by atoms with E-state index < -0.39 is 0 Å². The van der Waals surface area contributed by atoms with Crippen LogP contribution < -0.4 is 11.0 Å². The van der Waals surface area contributed by atoms with Gasteiger partial charge in [-0.15, -0.1) is 5.10 Å². The first kappa shape index (κ1) is 18.9. The molecule has 9 nitrogen and oxygen atoms in total. The van der Waals surface area contributed by atoms with Gasteiger partial charge < -0.3 is 5.32 Å². The van der Waals surface area contributed by atoms with E-state index in [9.17, 15) is 4.79 Å². The topological polar surface area (TPSA) is 95.5 Å². The van der Waals surface area contributed by atoms with E-state index in [1.807, 2.05) is 55.3 Å². The lowest BCUT2D eigenvalue weighted by atomic mass is 10.0. The second kappa shape index (κ2) is 7.10. The van der Waals surface area contributed by atoms with Crippen molar-refractivity contribution in [2.75, 3.05) is 13.1 Å². The highest BCUT2D eigenvalue weighted by molar-refractivity contribution is 6.04. The molecule has 1 aliphatic rings. The predicted molar refractivity (Wildman–Crippen MR) is 122 cm³/mol. The Morgan fingerprint density at radius 2 is 1.91 bits per heavy atom. The van der Waals surface area contributed by atoms with Gasteiger partial charge in [-0.3, -0.25) is 23.8 Å². The highest BCUT2D eigenvalue weighted by atomic mass is 16.1. The van der Waals surface area contributed by atoms with Gasteiger partial charge in [0.05, 0.1) is 40.7 Å². The van der Waals surface area contributed by atoms with E-state index in [0.29, 0.717) is 0 Å². The molecule has 6 rings (SSSR count). The maximum absolute atomic E-state index is 13.1. The van der Waals surface area contributed by atoms with Crippen molar-refractivity contribution in [1.82, 2.24) is 39.4 Å². The minimum atomic E-state index is 0.00314. The summed E-state index contributed by atoms with van der Waals surface area (Å²) < 4.78 is 5.30. The average molecular weight is 426 g/mol. The lowest BCUT2D eigenvalue weighted by Gasteiger charge is -2.12. The lowest BCUT2D eigenvalue weighted by molar-refractivity contribution is 0.536. The number of aromatic nitrogens is 7. The average Bonchev–Trinajstić information content (AvgIpc) is 3.55. The molecule has 4 aromatic heterocycles. The Kier molecular flexibility index (Phi) is 4.19. The molecule has 0 saturated carbocycles. The van der Waals surface area contributed by atoms with Crippen molar-refractivity contribution in [2.24, 2.45) is 14.1 Å². The zero-order valence-corrected chi connectivity index (χ0v) is 17.9. The summed E-state index contributed by atoms with van der Waals surface area (Å²) in [5, 5.41) is 12.4. The Morgan fingerprint density at radius 1 is 1.03 bits per heavy atom. The minimum absolute atomic E-state index is 0.00314. The highest BCUT2D eigenvalue weighted by Crippen LogP contribution is 2.31. The Hall–Kier alpha value is -3.85. The van der Waals surface area contributed by atoms with E-state index in [1.165, 1.54) is 0 Å². The molecule has 9 heteroatoms. The van der Waals surface area contributed by atoms with E-state index in [4.69, 9.17) is 0 Å². The number of aryl methyl sites for hydroxylation is 2. The molecule has 1 fully saturated rings. The number of benzene rings is 1. The van der Waals surface area contributed by atoms with Gasteiger partial charge in [0.1, 0.15) is 5.69 Å². The normalized spacial score (nSPS) is 16.4. The standard InChI is InChI=1S/C23H22N8O/c1-29-13-20(27-28-29)19-6-4-15(10-25-19)14-3-5-18-17(9-14)22-21(12-26-18)30(2)23(32)31(22)16-7-8-24-11-16/h3-6,9-10,12-13,16,24H,7-8,11H2,1-2H3. The van der Waals surface area contributed by atoms with Crippen molar-refractivity contribution in [2.45, 2.75) is 12.5 Å². The van der Waals surface area contributed by atoms with Crippen LogP contribution in [0.25, 0.3) is 44.5 Å². The van der Waals surface area contributed by atoms with Gasteiger partial charge >= 0.3 is 5.69 Å². The zero-order chi connectivity index (χ0) is 21.8. The number of nitrogens with one attached hydrogen (secondary N) is 1. The van der Waals surface area contributed by atoms with Gasteiger partial charge in [0.25, 0.3) is 0 Å². The Labute approximate surface area is 183 Å². The van der Waals surface area contributed by atoms with E-state index in [-0.39, 0.29) is 11.7 Å². The maximum atomic E-state index is 13.1. The number of rotatable bonds is 3. The van der Waals surface area contributed by atoms with E-state index in [0.717, 1.165) is 64.0 Å². The SMILES string of the molecule is Cn1cc(-c2ccc(-c3ccc4ncc5c(c4c3)n(C3CCNC3)c(=O)n5C)cn2)nn1. The third kappa shape index (κ3) is 2.85. The summed E-state index contributed by atoms with van der Waals surface area (Å²) >= 11 is 0. The van der Waals surface area contributed by atoms with Crippen LogP contribution in [0.4, 0.5) is 0 Å². The molecule has 1 saturated heterocycles. The number of imidazole rings is 1. The van der Waals surface area contributed by atoms with E-state index in [1.54, 1.807) is 15.4 Å². The molecular weight excluding hydrogens is 404 g/mol. The van der Waals surface area contributed by atoms with Gasteiger partial charge in [-0.05, 0) is 36.7 Å². The largest absolute Gasteiger partial charge is 0.329 e. The highest BCUT2D eigenvalue weighted by Gasteiger charge is 2.24. The molecule has 5 aromatic rings. The van der Waals surface area contributed by atoms with Crippen molar-refractivity contribution in [3.8, 4) is 22.5 Å². The molecule has 1 aliphatic heterocycles. The van der Waals surface area contributed by atoms with Crippen molar-refractivity contribution < 1.29 is 0 Å². The Morgan fingerprint density at radius 3 is 2.62 bits per heavy atom. The third-order valence-corrected chi connectivity index (χ3v) is 6.28. The molecule has 0 spiro atoms. The molecule has 1 unspecified atom stereocenters. The molecule has 160 valence electrons. The second-order valence-corrected chi connectivity index (χ2v) is 8.29. The summed E-state index contributed by atoms with van der Waals surface area (Å²) in [5.41, 5.74) is 6.20. The zero-order valence-electron chi connectivity index (χ0n) is 17.9. The number of fused-ring (bicyclic) bond motifs is 3. The molecule has 1 N–H and O–H groups in total. The van der Waals surface area contributed by atoms with Crippen LogP contribution in [0, 0.1) is 0 Å². The monoisotopic (exact) mass is 426 g/mol. The number of nitrogens with zero attached hydrogens (tertiary/aromatic N) is 7. The number of pyridine rings is 2.